The average molecular weight is 530 g/mol. The van der Waals surface area contributed by atoms with Crippen LogP contribution in [0.5, 0.6) is 5.75 Å². The number of benzene rings is 3. The van der Waals surface area contributed by atoms with E-state index >= 15 is 0 Å². The van der Waals surface area contributed by atoms with Crippen LogP contribution in [0.2, 0.25) is 10.0 Å². The van der Waals surface area contributed by atoms with Crippen molar-refractivity contribution >= 4 is 56.8 Å². The molecule has 1 N–H and O–H groups in total. The number of amides is 1. The fourth-order valence-electron chi connectivity index (χ4n) is 2.93. The predicted octanol–water partition coefficient (Wildman–Crippen LogP) is 7.50. The highest BCUT2D eigenvalue weighted by molar-refractivity contribution is 9.10. The summed E-state index contributed by atoms with van der Waals surface area (Å²) in [5.41, 5.74) is 4.06. The summed E-state index contributed by atoms with van der Waals surface area (Å²) in [5, 5.41) is 13.4. The zero-order chi connectivity index (χ0) is 23.3. The molecule has 7 heteroatoms. The zero-order valence-electron chi connectivity index (χ0n) is 17.4. The molecule has 0 aliphatic carbocycles. The summed E-state index contributed by atoms with van der Waals surface area (Å²) in [6, 6.07) is 18.2. The van der Waals surface area contributed by atoms with Crippen LogP contribution >= 0.6 is 39.1 Å². The predicted molar refractivity (Wildman–Crippen MR) is 133 cm³/mol. The maximum absolute atomic E-state index is 12.8. The van der Waals surface area contributed by atoms with Gasteiger partial charge in [-0.25, -0.2) is 0 Å². The van der Waals surface area contributed by atoms with Gasteiger partial charge in [-0.1, -0.05) is 57.3 Å². The van der Waals surface area contributed by atoms with Crippen LogP contribution in [-0.2, 0) is 11.4 Å². The maximum atomic E-state index is 12.8. The molecule has 1 amide bonds. The summed E-state index contributed by atoms with van der Waals surface area (Å²) in [5.74, 6) is 0.0307. The molecule has 0 spiro atoms. The third kappa shape index (κ3) is 5.92. The number of aryl methyl sites for hydroxylation is 1. The van der Waals surface area contributed by atoms with Crippen molar-refractivity contribution in [3.05, 3.63) is 96.9 Å². The van der Waals surface area contributed by atoms with Gasteiger partial charge in [0.05, 0.1) is 10.0 Å². The maximum Gasteiger partial charge on any atom is 0.266 e. The van der Waals surface area contributed by atoms with E-state index in [9.17, 15) is 10.1 Å². The number of hydrogen-bond acceptors (Lipinski definition) is 3. The van der Waals surface area contributed by atoms with Crippen molar-refractivity contribution in [3.63, 3.8) is 0 Å². The molecule has 3 aromatic rings. The molecule has 0 aliphatic rings. The molecule has 3 aromatic carbocycles. The Morgan fingerprint density at radius 2 is 1.91 bits per heavy atom. The van der Waals surface area contributed by atoms with E-state index in [2.05, 4.69) is 21.2 Å². The van der Waals surface area contributed by atoms with Gasteiger partial charge >= 0.3 is 0 Å². The molecule has 0 aliphatic heterocycles. The van der Waals surface area contributed by atoms with Gasteiger partial charge in [-0.05, 0) is 73.0 Å². The minimum Gasteiger partial charge on any atom is -0.488 e. The Bertz CT molecular complexity index is 1250. The van der Waals surface area contributed by atoms with Crippen LogP contribution in [0.25, 0.3) is 6.08 Å². The summed E-state index contributed by atoms with van der Waals surface area (Å²) < 4.78 is 6.73. The number of anilines is 1. The van der Waals surface area contributed by atoms with Crippen molar-refractivity contribution in [2.24, 2.45) is 0 Å². The zero-order valence-corrected chi connectivity index (χ0v) is 20.5. The minimum absolute atomic E-state index is 0.0385. The van der Waals surface area contributed by atoms with Crippen LogP contribution in [0.1, 0.15) is 22.3 Å². The van der Waals surface area contributed by atoms with Crippen LogP contribution in [0, 0.1) is 25.2 Å². The molecule has 3 rings (SSSR count). The summed E-state index contributed by atoms with van der Waals surface area (Å²) in [6.07, 6.45) is 1.51. The lowest BCUT2D eigenvalue weighted by Gasteiger charge is -2.12. The first kappa shape index (κ1) is 23.9. The summed E-state index contributed by atoms with van der Waals surface area (Å²) in [6.45, 7) is 4.13. The Labute approximate surface area is 205 Å². The Hall–Kier alpha value is -2.78. The molecule has 32 heavy (non-hydrogen) atoms. The molecular weight excluding hydrogens is 511 g/mol. The number of hydrogen-bond donors (Lipinski definition) is 1. The largest absolute Gasteiger partial charge is 0.488 e. The number of rotatable bonds is 6. The fraction of sp³-hybridized carbons (Fsp3) is 0.120. The van der Waals surface area contributed by atoms with E-state index in [-0.39, 0.29) is 12.2 Å². The normalized spacial score (nSPS) is 11.1. The number of carbonyl (C=O) groups excluding carboxylic acids is 1. The highest BCUT2D eigenvalue weighted by Gasteiger charge is 2.14. The second-order valence-corrected chi connectivity index (χ2v) is 8.82. The van der Waals surface area contributed by atoms with Crippen molar-refractivity contribution < 1.29 is 9.53 Å². The Kier molecular flexibility index (Phi) is 7.98. The van der Waals surface area contributed by atoms with Crippen LogP contribution in [0.4, 0.5) is 5.69 Å². The van der Waals surface area contributed by atoms with Crippen LogP contribution in [0.15, 0.2) is 64.6 Å². The van der Waals surface area contributed by atoms with Crippen LogP contribution in [0.3, 0.4) is 0 Å². The number of ether oxygens (including phenoxy) is 1. The second-order valence-electron chi connectivity index (χ2n) is 7.09. The van der Waals surface area contributed by atoms with Gasteiger partial charge in [0.15, 0.2) is 0 Å². The highest BCUT2D eigenvalue weighted by atomic mass is 79.9. The lowest BCUT2D eigenvalue weighted by atomic mass is 10.1. The molecule has 0 radical (unpaired) electrons. The van der Waals surface area contributed by atoms with Crippen LogP contribution in [-0.4, -0.2) is 5.91 Å². The lowest BCUT2D eigenvalue weighted by molar-refractivity contribution is -0.112. The summed E-state index contributed by atoms with van der Waals surface area (Å²) >= 11 is 15.5. The van der Waals surface area contributed by atoms with Crippen molar-refractivity contribution in [2.75, 3.05) is 5.32 Å². The first-order valence-corrected chi connectivity index (χ1v) is 11.2. The lowest BCUT2D eigenvalue weighted by Crippen LogP contribution is -2.14. The van der Waals surface area contributed by atoms with E-state index < -0.39 is 5.91 Å². The smallest absolute Gasteiger partial charge is 0.266 e. The van der Waals surface area contributed by atoms with Gasteiger partial charge < -0.3 is 10.1 Å². The molecular formula is C25H19BrCl2N2O2. The van der Waals surface area contributed by atoms with Crippen molar-refractivity contribution in [3.8, 4) is 11.8 Å². The van der Waals surface area contributed by atoms with Crippen molar-refractivity contribution in [1.29, 1.82) is 5.26 Å². The topological polar surface area (TPSA) is 62.1 Å². The van der Waals surface area contributed by atoms with Crippen molar-refractivity contribution in [2.45, 2.75) is 20.5 Å². The van der Waals surface area contributed by atoms with E-state index in [0.29, 0.717) is 27.0 Å². The Morgan fingerprint density at radius 1 is 1.12 bits per heavy atom. The molecule has 0 bridgehead atoms. The first-order chi connectivity index (χ1) is 15.3. The highest BCUT2D eigenvalue weighted by Crippen LogP contribution is 2.28. The quantitative estimate of drug-likeness (QED) is 0.265. The molecule has 0 aromatic heterocycles. The monoisotopic (exact) mass is 528 g/mol. The Morgan fingerprint density at radius 3 is 2.62 bits per heavy atom. The van der Waals surface area contributed by atoms with E-state index in [1.165, 1.54) is 6.08 Å². The number of carbonyl (C=O) groups is 1. The average Bonchev–Trinajstić information content (AvgIpc) is 2.76. The first-order valence-electron chi connectivity index (χ1n) is 9.64. The molecule has 0 atom stereocenters. The van der Waals surface area contributed by atoms with Gasteiger partial charge in [-0.3, -0.25) is 4.79 Å². The van der Waals surface area contributed by atoms with Gasteiger partial charge in [0.2, 0.25) is 0 Å². The molecule has 0 saturated carbocycles. The standard InChI is InChI=1S/C25H19BrCl2N2O2/c1-15-4-3-5-23(16(15)2)30-25(31)19(13-29)11-18-12-20(26)7-9-24(18)32-14-17-6-8-21(27)22(28)10-17/h3-12H,14H2,1-2H3,(H,30,31)/b19-11+. The van der Waals surface area contributed by atoms with E-state index in [0.717, 1.165) is 21.2 Å². The van der Waals surface area contributed by atoms with Gasteiger partial charge in [-0.15, -0.1) is 0 Å². The van der Waals surface area contributed by atoms with Crippen LogP contribution < -0.4 is 10.1 Å². The fourth-order valence-corrected chi connectivity index (χ4v) is 3.63. The molecule has 0 heterocycles. The molecule has 162 valence electrons. The summed E-state index contributed by atoms with van der Waals surface area (Å²) in [7, 11) is 0. The minimum atomic E-state index is -0.489. The van der Waals surface area contributed by atoms with E-state index in [1.807, 2.05) is 44.2 Å². The third-order valence-electron chi connectivity index (χ3n) is 4.87. The molecule has 0 saturated heterocycles. The molecule has 0 fully saturated rings. The van der Waals surface area contributed by atoms with Gasteiger partial charge in [0.1, 0.15) is 24.0 Å². The van der Waals surface area contributed by atoms with Gasteiger partial charge in [-0.2, -0.15) is 5.26 Å². The Balaban J connectivity index is 1.85. The number of nitriles is 1. The van der Waals surface area contributed by atoms with E-state index in [1.54, 1.807) is 30.3 Å². The van der Waals surface area contributed by atoms with E-state index in [4.69, 9.17) is 27.9 Å². The van der Waals surface area contributed by atoms with Gasteiger partial charge in [0.25, 0.3) is 5.91 Å². The molecule has 4 nitrogen and oxygen atoms in total. The second kappa shape index (κ2) is 10.7. The van der Waals surface area contributed by atoms with Crippen molar-refractivity contribution in [1.82, 2.24) is 0 Å². The number of nitrogens with zero attached hydrogens (tertiary/aromatic N) is 1. The third-order valence-corrected chi connectivity index (χ3v) is 6.10. The molecule has 0 unspecified atom stereocenters. The number of nitrogens with one attached hydrogen (secondary N) is 1. The summed E-state index contributed by atoms with van der Waals surface area (Å²) in [4.78, 5) is 12.8. The number of halogens is 3. The SMILES string of the molecule is Cc1cccc(NC(=O)/C(C#N)=C/c2cc(Br)ccc2OCc2ccc(Cl)c(Cl)c2)c1C. The van der Waals surface area contributed by atoms with Gasteiger partial charge in [0, 0.05) is 15.7 Å².